The first-order valence-corrected chi connectivity index (χ1v) is 12.9. The molecule has 0 saturated heterocycles. The van der Waals surface area contributed by atoms with Gasteiger partial charge in [-0.2, -0.15) is 0 Å². The Kier molecular flexibility index (Phi) is 8.69. The summed E-state index contributed by atoms with van der Waals surface area (Å²) in [6, 6.07) is 21.5. The Morgan fingerprint density at radius 2 is 1.86 bits per heavy atom. The van der Waals surface area contributed by atoms with Crippen LogP contribution in [0.5, 0.6) is 0 Å². The SMILES string of the molecule is COCCN1C(=O)c2ccccc2[C@H](C(=O)NCCCN(C)Cc2ccccc2)[C@H]1c1cccs1. The molecule has 1 N–H and O–H groups in total. The van der Waals surface area contributed by atoms with Crippen molar-refractivity contribution < 1.29 is 14.3 Å². The molecule has 0 saturated carbocycles. The van der Waals surface area contributed by atoms with Crippen molar-refractivity contribution in [3.05, 3.63) is 93.7 Å². The number of rotatable bonds is 11. The van der Waals surface area contributed by atoms with Crippen molar-refractivity contribution in [2.24, 2.45) is 0 Å². The van der Waals surface area contributed by atoms with Crippen molar-refractivity contribution in [3.63, 3.8) is 0 Å². The van der Waals surface area contributed by atoms with Gasteiger partial charge in [0, 0.05) is 37.2 Å². The third-order valence-electron chi connectivity index (χ3n) is 6.40. The van der Waals surface area contributed by atoms with Gasteiger partial charge in [0.15, 0.2) is 0 Å². The van der Waals surface area contributed by atoms with Crippen molar-refractivity contribution >= 4 is 23.2 Å². The number of ether oxygens (including phenoxy) is 1. The van der Waals surface area contributed by atoms with Gasteiger partial charge in [-0.15, -0.1) is 11.3 Å². The van der Waals surface area contributed by atoms with E-state index in [4.69, 9.17) is 4.74 Å². The van der Waals surface area contributed by atoms with Gasteiger partial charge in [0.1, 0.15) is 0 Å². The zero-order valence-corrected chi connectivity index (χ0v) is 21.2. The Labute approximate surface area is 211 Å². The van der Waals surface area contributed by atoms with Crippen LogP contribution in [-0.2, 0) is 16.1 Å². The summed E-state index contributed by atoms with van der Waals surface area (Å²) in [7, 11) is 3.72. The fraction of sp³-hybridized carbons (Fsp3) is 0.357. The predicted molar refractivity (Wildman–Crippen MR) is 140 cm³/mol. The molecular weight excluding hydrogens is 458 g/mol. The lowest BCUT2D eigenvalue weighted by molar-refractivity contribution is -0.124. The molecule has 1 aliphatic rings. The second-order valence-corrected chi connectivity index (χ2v) is 9.86. The van der Waals surface area contributed by atoms with Crippen LogP contribution in [-0.4, -0.2) is 62.0 Å². The molecule has 0 spiro atoms. The maximum absolute atomic E-state index is 13.6. The topological polar surface area (TPSA) is 61.9 Å². The van der Waals surface area contributed by atoms with Gasteiger partial charge in [0.05, 0.1) is 18.6 Å². The summed E-state index contributed by atoms with van der Waals surface area (Å²) in [5, 5.41) is 5.16. The minimum Gasteiger partial charge on any atom is -0.383 e. The third kappa shape index (κ3) is 5.99. The number of hydrogen-bond donors (Lipinski definition) is 1. The summed E-state index contributed by atoms with van der Waals surface area (Å²) in [5.41, 5.74) is 2.67. The Balaban J connectivity index is 1.47. The number of hydrogen-bond acceptors (Lipinski definition) is 5. The Hall–Kier alpha value is -3.00. The highest BCUT2D eigenvalue weighted by Gasteiger charge is 2.44. The van der Waals surface area contributed by atoms with Crippen LogP contribution in [0.25, 0.3) is 0 Å². The molecule has 0 radical (unpaired) electrons. The predicted octanol–water partition coefficient (Wildman–Crippen LogP) is 4.31. The van der Waals surface area contributed by atoms with Gasteiger partial charge in [0.2, 0.25) is 5.91 Å². The molecule has 3 aromatic rings. The molecule has 1 aromatic heterocycles. The van der Waals surface area contributed by atoms with E-state index in [-0.39, 0.29) is 17.9 Å². The van der Waals surface area contributed by atoms with Crippen molar-refractivity contribution in [2.45, 2.75) is 24.9 Å². The van der Waals surface area contributed by atoms with Gasteiger partial charge in [-0.3, -0.25) is 9.59 Å². The molecule has 6 nitrogen and oxygen atoms in total. The lowest BCUT2D eigenvalue weighted by Crippen LogP contribution is -2.48. The number of nitrogens with zero attached hydrogens (tertiary/aromatic N) is 2. The average molecular weight is 492 g/mol. The molecule has 0 unspecified atom stereocenters. The summed E-state index contributed by atoms with van der Waals surface area (Å²) >= 11 is 1.58. The van der Waals surface area contributed by atoms with Crippen LogP contribution in [0.1, 0.15) is 44.7 Å². The second-order valence-electron chi connectivity index (χ2n) is 8.88. The summed E-state index contributed by atoms with van der Waals surface area (Å²) in [6.07, 6.45) is 0.847. The van der Waals surface area contributed by atoms with Crippen molar-refractivity contribution in [3.8, 4) is 0 Å². The van der Waals surface area contributed by atoms with Crippen LogP contribution in [0.3, 0.4) is 0 Å². The summed E-state index contributed by atoms with van der Waals surface area (Å²) < 4.78 is 5.29. The normalized spacial score (nSPS) is 17.5. The molecular formula is C28H33N3O3S. The lowest BCUT2D eigenvalue weighted by atomic mass is 9.81. The first-order valence-electron chi connectivity index (χ1n) is 12.0. The lowest BCUT2D eigenvalue weighted by Gasteiger charge is -2.41. The molecule has 2 amide bonds. The first-order chi connectivity index (χ1) is 17.1. The molecule has 0 aliphatic carbocycles. The number of nitrogens with one attached hydrogen (secondary N) is 1. The summed E-state index contributed by atoms with van der Waals surface area (Å²) in [5.74, 6) is -0.569. The van der Waals surface area contributed by atoms with Gasteiger partial charge >= 0.3 is 0 Å². The number of thiophene rings is 1. The van der Waals surface area contributed by atoms with Crippen molar-refractivity contribution in [1.29, 1.82) is 0 Å². The molecule has 0 fully saturated rings. The van der Waals surface area contributed by atoms with Crippen LogP contribution in [0.2, 0.25) is 0 Å². The van der Waals surface area contributed by atoms with Crippen LogP contribution in [0.15, 0.2) is 72.1 Å². The highest BCUT2D eigenvalue weighted by Crippen LogP contribution is 2.44. The van der Waals surface area contributed by atoms with Gasteiger partial charge < -0.3 is 19.9 Å². The molecule has 184 valence electrons. The number of methoxy groups -OCH3 is 1. The van der Waals surface area contributed by atoms with Gasteiger partial charge in [-0.1, -0.05) is 54.6 Å². The molecule has 2 atom stereocenters. The smallest absolute Gasteiger partial charge is 0.254 e. The van der Waals surface area contributed by atoms with E-state index >= 15 is 0 Å². The first kappa shape index (κ1) is 25.1. The molecule has 7 heteroatoms. The number of carbonyl (C=O) groups is 2. The number of fused-ring (bicyclic) bond motifs is 1. The van der Waals surface area contributed by atoms with Crippen molar-refractivity contribution in [2.75, 3.05) is 40.4 Å². The zero-order valence-electron chi connectivity index (χ0n) is 20.4. The fourth-order valence-electron chi connectivity index (χ4n) is 4.73. The largest absolute Gasteiger partial charge is 0.383 e. The van der Waals surface area contributed by atoms with Crippen LogP contribution < -0.4 is 5.32 Å². The van der Waals surface area contributed by atoms with Crippen LogP contribution in [0.4, 0.5) is 0 Å². The highest BCUT2D eigenvalue weighted by atomic mass is 32.1. The monoisotopic (exact) mass is 491 g/mol. The van der Waals surface area contributed by atoms with E-state index < -0.39 is 5.92 Å². The molecule has 4 rings (SSSR count). The second kappa shape index (κ2) is 12.1. The minimum absolute atomic E-state index is 0.0449. The van der Waals surface area contributed by atoms with Gasteiger partial charge in [0.25, 0.3) is 5.91 Å². The van der Waals surface area contributed by atoms with E-state index in [0.717, 1.165) is 30.0 Å². The molecule has 2 aromatic carbocycles. The van der Waals surface area contributed by atoms with E-state index in [1.807, 2.05) is 47.8 Å². The Morgan fingerprint density at radius 3 is 2.60 bits per heavy atom. The molecule has 2 heterocycles. The number of benzene rings is 2. The van der Waals surface area contributed by atoms with Crippen LogP contribution >= 0.6 is 11.3 Å². The standard InChI is InChI=1S/C28H33N3O3S/c1-30(20-21-10-4-3-5-11-21)16-9-15-29-27(32)25-22-12-6-7-13-23(22)28(33)31(17-18-34-2)26(25)24-14-8-19-35-24/h3-8,10-14,19,25-26H,9,15-18,20H2,1-2H3,(H,29,32)/t25-,26+/m0/s1. The molecule has 1 aliphatic heterocycles. The maximum atomic E-state index is 13.6. The number of carbonyl (C=O) groups excluding carboxylic acids is 2. The summed E-state index contributed by atoms with van der Waals surface area (Å²) in [4.78, 5) is 32.1. The van der Waals surface area contributed by atoms with E-state index in [1.54, 1.807) is 23.3 Å². The van der Waals surface area contributed by atoms with Gasteiger partial charge in [-0.25, -0.2) is 0 Å². The highest BCUT2D eigenvalue weighted by molar-refractivity contribution is 7.10. The Morgan fingerprint density at radius 1 is 1.09 bits per heavy atom. The molecule has 0 bridgehead atoms. The summed E-state index contributed by atoms with van der Waals surface area (Å²) in [6.45, 7) is 3.18. The quantitative estimate of drug-likeness (QED) is 0.406. The maximum Gasteiger partial charge on any atom is 0.254 e. The minimum atomic E-state index is -0.471. The van der Waals surface area contributed by atoms with Gasteiger partial charge in [-0.05, 0) is 48.7 Å². The van der Waals surface area contributed by atoms with E-state index in [2.05, 4.69) is 41.5 Å². The molecule has 35 heavy (non-hydrogen) atoms. The van der Waals surface area contributed by atoms with Crippen LogP contribution in [0, 0.1) is 0 Å². The zero-order chi connectivity index (χ0) is 24.6. The van der Waals surface area contributed by atoms with Crippen molar-refractivity contribution in [1.82, 2.24) is 15.1 Å². The van der Waals surface area contributed by atoms with E-state index in [0.29, 0.717) is 25.3 Å². The van der Waals surface area contributed by atoms with E-state index in [9.17, 15) is 9.59 Å². The Bertz CT molecular complexity index is 1100. The third-order valence-corrected chi connectivity index (χ3v) is 7.35. The van der Waals surface area contributed by atoms with E-state index in [1.165, 1.54) is 5.56 Å². The fourth-order valence-corrected chi connectivity index (χ4v) is 5.61. The number of amides is 2. The average Bonchev–Trinajstić information content (AvgIpc) is 3.41.